The minimum atomic E-state index is -0.380. The van der Waals surface area contributed by atoms with E-state index in [1.54, 1.807) is 11.8 Å². The van der Waals surface area contributed by atoms with Crippen LogP contribution in [0.5, 0.6) is 0 Å². The first-order valence-electron chi connectivity index (χ1n) is 5.38. The number of ketones is 1. The molecule has 0 radical (unpaired) electrons. The van der Waals surface area contributed by atoms with Crippen LogP contribution in [0.2, 0.25) is 0 Å². The monoisotopic (exact) mass is 224 g/mol. The predicted molar refractivity (Wildman–Crippen MR) is 62.2 cm³/mol. The topological polar surface area (TPSA) is 44.1 Å². The second-order valence-corrected chi connectivity index (χ2v) is 5.11. The van der Waals surface area contributed by atoms with Gasteiger partial charge in [0.2, 0.25) is 0 Å². The Morgan fingerprint density at radius 1 is 1.56 bits per heavy atom. The van der Waals surface area contributed by atoms with E-state index in [4.69, 9.17) is 4.74 Å². The molecule has 0 spiro atoms. The molecule has 4 heteroatoms. The van der Waals surface area contributed by atoms with Crippen molar-refractivity contribution < 1.29 is 9.53 Å². The van der Waals surface area contributed by atoms with E-state index in [1.165, 1.54) is 0 Å². The van der Waals surface area contributed by atoms with E-state index < -0.39 is 0 Å². The molecule has 4 nitrogen and oxygen atoms in total. The molecule has 1 rings (SSSR count). The molecule has 1 unspecified atom stereocenters. The van der Waals surface area contributed by atoms with Gasteiger partial charge >= 0.3 is 0 Å². The Morgan fingerprint density at radius 3 is 2.56 bits per heavy atom. The lowest BCUT2D eigenvalue weighted by Crippen LogP contribution is -2.37. The van der Waals surface area contributed by atoms with Crippen molar-refractivity contribution in [2.24, 2.45) is 12.5 Å². The molecule has 1 aromatic heterocycles. The zero-order chi connectivity index (χ0) is 12.3. The Kier molecular flexibility index (Phi) is 3.86. The zero-order valence-electron chi connectivity index (χ0n) is 10.7. The van der Waals surface area contributed by atoms with Crippen molar-refractivity contribution in [2.45, 2.75) is 33.3 Å². The summed E-state index contributed by atoms with van der Waals surface area (Å²) in [5.74, 6) is 0.0775. The summed E-state index contributed by atoms with van der Waals surface area (Å²) in [5.41, 5.74) is 0.611. The largest absolute Gasteiger partial charge is 0.373 e. The third kappa shape index (κ3) is 3.17. The van der Waals surface area contributed by atoms with Crippen LogP contribution in [-0.4, -0.2) is 28.8 Å². The minimum Gasteiger partial charge on any atom is -0.373 e. The summed E-state index contributed by atoms with van der Waals surface area (Å²) in [4.78, 5) is 12.0. The van der Waals surface area contributed by atoms with Crippen LogP contribution in [0.1, 0.15) is 26.5 Å². The van der Waals surface area contributed by atoms with Crippen LogP contribution < -0.4 is 0 Å². The minimum absolute atomic E-state index is 0.0775. The van der Waals surface area contributed by atoms with Crippen LogP contribution in [0.4, 0.5) is 0 Å². The molecule has 16 heavy (non-hydrogen) atoms. The van der Waals surface area contributed by atoms with Crippen molar-refractivity contribution in [3.05, 3.63) is 18.0 Å². The molecule has 0 fully saturated rings. The van der Waals surface area contributed by atoms with Crippen LogP contribution in [0, 0.1) is 5.41 Å². The Bertz CT molecular complexity index is 363. The number of carbonyl (C=O) groups excluding carboxylic acids is 1. The van der Waals surface area contributed by atoms with Crippen molar-refractivity contribution in [3.63, 3.8) is 0 Å². The fourth-order valence-electron chi connectivity index (χ4n) is 1.80. The second kappa shape index (κ2) is 4.78. The highest BCUT2D eigenvalue weighted by Gasteiger charge is 2.31. The fraction of sp³-hybridized carbons (Fsp3) is 0.667. The highest BCUT2D eigenvalue weighted by atomic mass is 16.5. The quantitative estimate of drug-likeness (QED) is 0.780. The third-order valence-corrected chi connectivity index (χ3v) is 2.44. The molecule has 1 heterocycles. The number of aromatic nitrogens is 2. The van der Waals surface area contributed by atoms with E-state index in [9.17, 15) is 4.79 Å². The summed E-state index contributed by atoms with van der Waals surface area (Å²) < 4.78 is 6.97. The van der Waals surface area contributed by atoms with Gasteiger partial charge in [-0.1, -0.05) is 20.8 Å². The summed E-state index contributed by atoms with van der Waals surface area (Å²) in [6.45, 7) is 5.99. The molecule has 0 bridgehead atoms. The molecular formula is C12H20N2O2. The molecule has 1 atom stereocenters. The predicted octanol–water partition coefficient (Wildman–Crippen LogP) is 1.59. The lowest BCUT2D eigenvalue weighted by Gasteiger charge is -2.27. The van der Waals surface area contributed by atoms with Gasteiger partial charge in [-0.2, -0.15) is 5.10 Å². The number of aryl methyl sites for hydroxylation is 1. The van der Waals surface area contributed by atoms with Crippen molar-refractivity contribution in [1.82, 2.24) is 9.78 Å². The van der Waals surface area contributed by atoms with Crippen molar-refractivity contribution in [2.75, 3.05) is 7.11 Å². The highest BCUT2D eigenvalue weighted by molar-refractivity contribution is 5.85. The van der Waals surface area contributed by atoms with Crippen molar-refractivity contribution >= 4 is 5.78 Å². The molecule has 0 aliphatic carbocycles. The molecule has 0 saturated heterocycles. The maximum absolute atomic E-state index is 12.0. The Labute approximate surface area is 96.6 Å². The van der Waals surface area contributed by atoms with Crippen LogP contribution in [-0.2, 0) is 23.0 Å². The number of rotatable bonds is 4. The van der Waals surface area contributed by atoms with Gasteiger partial charge in [0, 0.05) is 20.4 Å². The van der Waals surface area contributed by atoms with E-state index in [2.05, 4.69) is 5.10 Å². The third-order valence-electron chi connectivity index (χ3n) is 2.44. The van der Waals surface area contributed by atoms with Gasteiger partial charge < -0.3 is 4.74 Å². The molecule has 0 aliphatic rings. The van der Waals surface area contributed by atoms with Gasteiger partial charge in [-0.15, -0.1) is 0 Å². The average molecular weight is 224 g/mol. The van der Waals surface area contributed by atoms with Gasteiger partial charge in [-0.25, -0.2) is 0 Å². The maximum atomic E-state index is 12.0. The van der Waals surface area contributed by atoms with Crippen LogP contribution in [0.3, 0.4) is 0 Å². The van der Waals surface area contributed by atoms with Gasteiger partial charge in [-0.3, -0.25) is 9.48 Å². The summed E-state index contributed by atoms with van der Waals surface area (Å²) in [6, 6.07) is 1.85. The molecule has 0 saturated carbocycles. The molecule has 90 valence electrons. The number of carbonyl (C=O) groups is 1. The lowest BCUT2D eigenvalue weighted by atomic mass is 9.85. The number of Topliss-reactive ketones (excluding diaryl/α,β-unsaturated/α-hetero) is 1. The summed E-state index contributed by atoms with van der Waals surface area (Å²) in [7, 11) is 3.41. The number of hydrogen-bond donors (Lipinski definition) is 0. The molecule has 0 amide bonds. The highest BCUT2D eigenvalue weighted by Crippen LogP contribution is 2.23. The molecule has 0 N–H and O–H groups in total. The maximum Gasteiger partial charge on any atom is 0.168 e. The summed E-state index contributed by atoms with van der Waals surface area (Å²) in [5, 5.41) is 4.19. The van der Waals surface area contributed by atoms with Gasteiger partial charge in [-0.05, 0) is 11.5 Å². The zero-order valence-corrected chi connectivity index (χ0v) is 10.7. The van der Waals surface area contributed by atoms with E-state index in [-0.39, 0.29) is 17.3 Å². The molecular weight excluding hydrogens is 204 g/mol. The Hall–Kier alpha value is -1.16. The first-order valence-corrected chi connectivity index (χ1v) is 5.38. The molecule has 0 aliphatic heterocycles. The molecule has 0 aromatic carbocycles. The first kappa shape index (κ1) is 12.9. The van der Waals surface area contributed by atoms with Gasteiger partial charge in [0.25, 0.3) is 0 Å². The lowest BCUT2D eigenvalue weighted by molar-refractivity contribution is -0.134. The van der Waals surface area contributed by atoms with Crippen LogP contribution in [0.25, 0.3) is 0 Å². The number of nitrogens with zero attached hydrogens (tertiary/aromatic N) is 2. The Morgan fingerprint density at radius 2 is 2.19 bits per heavy atom. The van der Waals surface area contributed by atoms with Gasteiger partial charge in [0.15, 0.2) is 5.78 Å². The number of ether oxygens (including phenoxy) is 1. The second-order valence-electron chi connectivity index (χ2n) is 5.11. The Balaban J connectivity index is 2.71. The van der Waals surface area contributed by atoms with Crippen molar-refractivity contribution in [3.8, 4) is 0 Å². The van der Waals surface area contributed by atoms with Crippen LogP contribution in [0.15, 0.2) is 12.3 Å². The van der Waals surface area contributed by atoms with E-state index >= 15 is 0 Å². The fourth-order valence-corrected chi connectivity index (χ4v) is 1.80. The smallest absolute Gasteiger partial charge is 0.168 e. The van der Waals surface area contributed by atoms with Gasteiger partial charge in [0.1, 0.15) is 6.10 Å². The summed E-state index contributed by atoms with van der Waals surface area (Å²) >= 11 is 0. The number of hydrogen-bond acceptors (Lipinski definition) is 3. The first-order chi connectivity index (χ1) is 7.34. The molecule has 1 aromatic rings. The van der Waals surface area contributed by atoms with Gasteiger partial charge in [0.05, 0.1) is 12.1 Å². The van der Waals surface area contributed by atoms with E-state index in [0.29, 0.717) is 6.42 Å². The number of methoxy groups -OCH3 is 1. The van der Waals surface area contributed by atoms with Crippen LogP contribution >= 0.6 is 0 Å². The summed E-state index contributed by atoms with van der Waals surface area (Å²) in [6.07, 6.45) is 1.78. The standard InChI is InChI=1S/C12H20N2O2/c1-12(2,3)11(16-5)10(15)8-9-6-7-14(4)13-9/h6-7,11H,8H2,1-5H3. The van der Waals surface area contributed by atoms with E-state index in [1.807, 2.05) is 40.1 Å². The van der Waals surface area contributed by atoms with Crippen molar-refractivity contribution in [1.29, 1.82) is 0 Å². The normalized spacial score (nSPS) is 13.8. The van der Waals surface area contributed by atoms with E-state index in [0.717, 1.165) is 5.69 Å². The SMILES string of the molecule is COC(C(=O)Cc1ccn(C)n1)C(C)(C)C. The average Bonchev–Trinajstić information content (AvgIpc) is 2.49.